The monoisotopic (exact) mass is 437 g/mol. The van der Waals surface area contributed by atoms with Crippen molar-refractivity contribution in [2.75, 3.05) is 31.1 Å². The van der Waals surface area contributed by atoms with Gasteiger partial charge in [0, 0.05) is 49.4 Å². The minimum Gasteiger partial charge on any atom is -0.490 e. The Morgan fingerprint density at radius 2 is 1.88 bits per heavy atom. The van der Waals surface area contributed by atoms with Crippen LogP contribution in [-0.4, -0.2) is 47.6 Å². The average molecular weight is 438 g/mol. The van der Waals surface area contributed by atoms with Gasteiger partial charge in [-0.3, -0.25) is 15.0 Å². The van der Waals surface area contributed by atoms with Crippen LogP contribution in [0.5, 0.6) is 0 Å². The molecule has 0 spiro atoms. The van der Waals surface area contributed by atoms with Crippen LogP contribution in [0.1, 0.15) is 52.5 Å². The molecule has 1 aliphatic carbocycles. The van der Waals surface area contributed by atoms with Gasteiger partial charge in [0.15, 0.2) is 0 Å². The van der Waals surface area contributed by atoms with Crippen molar-refractivity contribution >= 4 is 5.69 Å². The molecule has 0 amide bonds. The van der Waals surface area contributed by atoms with Crippen molar-refractivity contribution in [3.8, 4) is 0 Å². The number of ether oxygens (including phenoxy) is 1. The van der Waals surface area contributed by atoms with Gasteiger partial charge >= 0.3 is 0 Å². The first-order chi connectivity index (χ1) is 15.3. The van der Waals surface area contributed by atoms with Gasteiger partial charge < -0.3 is 9.64 Å². The molecule has 4 aliphatic rings. The molecule has 3 atom stereocenters. The zero-order valence-corrected chi connectivity index (χ0v) is 19.8. The van der Waals surface area contributed by atoms with E-state index >= 15 is 0 Å². The summed E-state index contributed by atoms with van der Waals surface area (Å²) in [6, 6.07) is 9.46. The molecule has 5 rings (SSSR count). The van der Waals surface area contributed by atoms with Crippen molar-refractivity contribution in [1.29, 1.82) is 0 Å². The van der Waals surface area contributed by atoms with Crippen LogP contribution >= 0.6 is 0 Å². The van der Waals surface area contributed by atoms with E-state index in [-0.39, 0.29) is 22.4 Å². The van der Waals surface area contributed by atoms with Gasteiger partial charge in [-0.25, -0.2) is 0 Å². The van der Waals surface area contributed by atoms with Crippen LogP contribution in [0.15, 0.2) is 46.9 Å². The molecule has 1 aromatic rings. The van der Waals surface area contributed by atoms with Gasteiger partial charge in [0.2, 0.25) is 0 Å². The second kappa shape index (κ2) is 7.91. The van der Waals surface area contributed by atoms with Gasteiger partial charge in [-0.1, -0.05) is 25.1 Å². The Hall–Kier alpha value is -2.34. The maximum atomic E-state index is 11.7. The summed E-state index contributed by atoms with van der Waals surface area (Å²) in [4.78, 5) is 16.7. The molecule has 0 bridgehead atoms. The Balaban J connectivity index is 1.23. The molecular formula is C26H35N3O3. The largest absolute Gasteiger partial charge is 0.490 e. The maximum Gasteiger partial charge on any atom is 0.253 e. The van der Waals surface area contributed by atoms with E-state index in [1.807, 2.05) is 20.8 Å². The van der Waals surface area contributed by atoms with Crippen LogP contribution in [0.3, 0.4) is 0 Å². The zero-order valence-electron chi connectivity index (χ0n) is 19.8. The van der Waals surface area contributed by atoms with Crippen molar-refractivity contribution < 1.29 is 9.66 Å². The van der Waals surface area contributed by atoms with E-state index in [4.69, 9.17) is 4.74 Å². The molecule has 2 saturated heterocycles. The quantitative estimate of drug-likeness (QED) is 0.501. The predicted molar refractivity (Wildman–Crippen MR) is 126 cm³/mol. The number of benzene rings is 1. The summed E-state index contributed by atoms with van der Waals surface area (Å²) >= 11 is 0. The summed E-state index contributed by atoms with van der Waals surface area (Å²) in [6.07, 6.45) is 4.37. The average Bonchev–Trinajstić information content (AvgIpc) is 3.34. The van der Waals surface area contributed by atoms with E-state index in [2.05, 4.69) is 41.0 Å². The van der Waals surface area contributed by atoms with Crippen LogP contribution in [0, 0.1) is 22.0 Å². The molecule has 6 nitrogen and oxygen atoms in total. The number of nitrogens with zero attached hydrogens (tertiary/aromatic N) is 3. The third-order valence-electron chi connectivity index (χ3n) is 8.37. The first-order valence-electron chi connectivity index (χ1n) is 12.1. The van der Waals surface area contributed by atoms with E-state index in [1.54, 1.807) is 0 Å². The molecule has 0 aromatic heterocycles. The standard InChI is InChI=1S/C26H35N3O3/c1-17-18(2)25-22(19(3)24(17)29(30)31)15-26(4,32-25)16-27-12-10-21(11-13-27)28-14-9-20-7-5-6-8-23(20)28/h5-8,19,21-22H,9-16H2,1-4H3. The molecule has 32 heavy (non-hydrogen) atoms. The summed E-state index contributed by atoms with van der Waals surface area (Å²) in [5.74, 6) is 1.00. The molecule has 2 fully saturated rings. The molecule has 3 unspecified atom stereocenters. The number of hydrogen-bond donors (Lipinski definition) is 0. The molecule has 3 aliphatic heterocycles. The Bertz CT molecular complexity index is 992. The fourth-order valence-electron chi connectivity index (χ4n) is 6.61. The lowest BCUT2D eigenvalue weighted by molar-refractivity contribution is -0.436. The van der Waals surface area contributed by atoms with E-state index in [0.29, 0.717) is 11.7 Å². The Morgan fingerprint density at radius 1 is 1.16 bits per heavy atom. The van der Waals surface area contributed by atoms with Crippen LogP contribution in [0.4, 0.5) is 5.69 Å². The maximum absolute atomic E-state index is 11.7. The predicted octanol–water partition coefficient (Wildman–Crippen LogP) is 4.78. The third-order valence-corrected chi connectivity index (χ3v) is 8.37. The lowest BCUT2D eigenvalue weighted by atomic mass is 9.77. The number of hydrogen-bond acceptors (Lipinski definition) is 5. The Kier molecular flexibility index (Phi) is 5.31. The van der Waals surface area contributed by atoms with Gasteiger partial charge in [-0.2, -0.15) is 0 Å². The van der Waals surface area contributed by atoms with E-state index in [0.717, 1.165) is 55.9 Å². The van der Waals surface area contributed by atoms with Crippen LogP contribution in [0.25, 0.3) is 0 Å². The second-order valence-corrected chi connectivity index (χ2v) is 10.5. The van der Waals surface area contributed by atoms with Crippen molar-refractivity contribution in [3.63, 3.8) is 0 Å². The van der Waals surface area contributed by atoms with Crippen molar-refractivity contribution in [2.24, 2.45) is 11.8 Å². The SMILES string of the molecule is CC1=C2OC(C)(CN3CCC(N4CCc5ccccc54)CC3)CC2C(C)C([N+](=O)[O-])=C1C. The fourth-order valence-corrected chi connectivity index (χ4v) is 6.61. The van der Waals surface area contributed by atoms with Crippen LogP contribution in [-0.2, 0) is 11.2 Å². The number of anilines is 1. The van der Waals surface area contributed by atoms with E-state index < -0.39 is 0 Å². The molecule has 0 radical (unpaired) electrons. The van der Waals surface area contributed by atoms with Crippen LogP contribution in [0.2, 0.25) is 0 Å². The van der Waals surface area contributed by atoms with E-state index in [1.165, 1.54) is 24.1 Å². The molecule has 3 heterocycles. The van der Waals surface area contributed by atoms with Gasteiger partial charge in [0.25, 0.3) is 5.70 Å². The number of likely N-dealkylation sites (tertiary alicyclic amines) is 1. The number of rotatable bonds is 4. The highest BCUT2D eigenvalue weighted by molar-refractivity contribution is 5.58. The molecule has 172 valence electrons. The van der Waals surface area contributed by atoms with Crippen molar-refractivity contribution in [1.82, 2.24) is 4.90 Å². The topological polar surface area (TPSA) is 58.8 Å². The fraction of sp³-hybridized carbons (Fsp3) is 0.615. The third kappa shape index (κ3) is 3.53. The number of piperidine rings is 1. The first-order valence-corrected chi connectivity index (χ1v) is 12.1. The smallest absolute Gasteiger partial charge is 0.253 e. The van der Waals surface area contributed by atoms with Crippen molar-refractivity contribution in [3.05, 3.63) is 62.5 Å². The molecular weight excluding hydrogens is 402 g/mol. The van der Waals surface area contributed by atoms with Crippen molar-refractivity contribution in [2.45, 2.75) is 65.0 Å². The summed E-state index contributed by atoms with van der Waals surface area (Å²) in [7, 11) is 0. The van der Waals surface area contributed by atoms with E-state index in [9.17, 15) is 10.1 Å². The van der Waals surface area contributed by atoms with Gasteiger partial charge in [0.05, 0.1) is 10.8 Å². The van der Waals surface area contributed by atoms with Gasteiger partial charge in [-0.15, -0.1) is 0 Å². The number of fused-ring (bicyclic) bond motifs is 2. The van der Waals surface area contributed by atoms with Crippen LogP contribution < -0.4 is 4.90 Å². The summed E-state index contributed by atoms with van der Waals surface area (Å²) in [5, 5.41) is 11.7. The number of para-hydroxylation sites is 1. The summed E-state index contributed by atoms with van der Waals surface area (Å²) in [5.41, 5.74) is 4.76. The number of nitro groups is 1. The van der Waals surface area contributed by atoms with Gasteiger partial charge in [0.1, 0.15) is 11.4 Å². The van der Waals surface area contributed by atoms with Gasteiger partial charge in [-0.05, 0) is 63.7 Å². The second-order valence-electron chi connectivity index (χ2n) is 10.5. The lowest BCUT2D eigenvalue weighted by Gasteiger charge is -2.40. The summed E-state index contributed by atoms with van der Waals surface area (Å²) in [6.45, 7) is 12.2. The molecule has 6 heteroatoms. The zero-order chi connectivity index (χ0) is 22.6. The molecule has 0 saturated carbocycles. The summed E-state index contributed by atoms with van der Waals surface area (Å²) < 4.78 is 6.58. The normalized spacial score (nSPS) is 31.1. The highest BCUT2D eigenvalue weighted by Crippen LogP contribution is 2.50. The minimum absolute atomic E-state index is 0.105. The Labute approximate surface area is 191 Å². The Morgan fingerprint density at radius 3 is 2.59 bits per heavy atom. The first kappa shape index (κ1) is 21.5. The molecule has 1 aromatic carbocycles. The number of allylic oxidation sites excluding steroid dienone is 4. The highest BCUT2D eigenvalue weighted by Gasteiger charge is 2.50. The molecule has 0 N–H and O–H groups in total. The lowest BCUT2D eigenvalue weighted by Crippen LogP contribution is -2.49. The minimum atomic E-state index is -0.283. The highest BCUT2D eigenvalue weighted by atomic mass is 16.6.